The Labute approximate surface area is 187 Å². The van der Waals surface area contributed by atoms with Crippen molar-refractivity contribution in [3.8, 4) is 5.69 Å². The van der Waals surface area contributed by atoms with Crippen molar-refractivity contribution in [3.63, 3.8) is 0 Å². The van der Waals surface area contributed by atoms with Gasteiger partial charge in [0, 0.05) is 42.5 Å². The molecule has 9 heteroatoms. The Balaban J connectivity index is 1.95. The molecule has 1 saturated heterocycles. The zero-order valence-electron chi connectivity index (χ0n) is 17.3. The fourth-order valence-corrected chi connectivity index (χ4v) is 3.87. The summed E-state index contributed by atoms with van der Waals surface area (Å²) in [6.45, 7) is 4.64. The summed E-state index contributed by atoms with van der Waals surface area (Å²) in [5, 5.41) is 0.0313. The minimum Gasteiger partial charge on any atom is -0.462 e. The van der Waals surface area contributed by atoms with Crippen LogP contribution in [-0.2, 0) is 4.74 Å². The molecular formula is C22H22BrFN4O3. The van der Waals surface area contributed by atoms with E-state index >= 15 is 4.39 Å². The van der Waals surface area contributed by atoms with Crippen LogP contribution in [0.3, 0.4) is 0 Å². The van der Waals surface area contributed by atoms with Gasteiger partial charge in [0.15, 0.2) is 17.3 Å². The summed E-state index contributed by atoms with van der Waals surface area (Å²) in [6.07, 6.45) is 1.42. The molecule has 1 aliphatic heterocycles. The molecule has 1 aromatic carbocycles. The molecule has 0 unspecified atom stereocenters. The molecule has 1 fully saturated rings. The number of benzene rings is 1. The highest BCUT2D eigenvalue weighted by Gasteiger charge is 2.23. The fourth-order valence-electron chi connectivity index (χ4n) is 3.61. The average molecular weight is 489 g/mol. The SMILES string of the molecule is CCOC(=O)c1cn(-c2ccc(Br)cc2)c2nc(N3CCN(C)CC3)c(F)cc2c1=O. The predicted molar refractivity (Wildman–Crippen MR) is 121 cm³/mol. The summed E-state index contributed by atoms with van der Waals surface area (Å²) in [7, 11) is 2.02. The number of ether oxygens (including phenoxy) is 1. The normalized spacial score (nSPS) is 14.8. The second-order valence-corrected chi connectivity index (χ2v) is 8.31. The van der Waals surface area contributed by atoms with Crippen molar-refractivity contribution in [1.29, 1.82) is 0 Å². The second-order valence-electron chi connectivity index (χ2n) is 7.39. The van der Waals surface area contributed by atoms with Gasteiger partial charge in [-0.1, -0.05) is 15.9 Å². The van der Waals surface area contributed by atoms with Gasteiger partial charge in [-0.25, -0.2) is 14.2 Å². The number of fused-ring (bicyclic) bond motifs is 1. The maximum atomic E-state index is 15.1. The lowest BCUT2D eigenvalue weighted by atomic mass is 10.1. The van der Waals surface area contributed by atoms with Crippen molar-refractivity contribution >= 4 is 38.8 Å². The molecule has 4 rings (SSSR count). The predicted octanol–water partition coefficient (Wildman–Crippen LogP) is 3.22. The van der Waals surface area contributed by atoms with Crippen LogP contribution in [0.4, 0.5) is 10.2 Å². The molecular weight excluding hydrogens is 467 g/mol. The first-order valence-corrected chi connectivity index (χ1v) is 10.8. The molecule has 0 radical (unpaired) electrons. The number of pyridine rings is 2. The molecule has 0 saturated carbocycles. The van der Waals surface area contributed by atoms with Gasteiger partial charge in [-0.15, -0.1) is 0 Å². The fraction of sp³-hybridized carbons (Fsp3) is 0.318. The molecule has 7 nitrogen and oxygen atoms in total. The quantitative estimate of drug-likeness (QED) is 0.525. The maximum absolute atomic E-state index is 15.1. The number of carbonyl (C=O) groups excluding carboxylic acids is 1. The van der Waals surface area contributed by atoms with Crippen molar-refractivity contribution in [2.75, 3.05) is 44.7 Å². The third-order valence-electron chi connectivity index (χ3n) is 5.32. The molecule has 2 aromatic heterocycles. The zero-order chi connectivity index (χ0) is 22.1. The lowest BCUT2D eigenvalue weighted by molar-refractivity contribution is 0.0524. The summed E-state index contributed by atoms with van der Waals surface area (Å²) in [5.74, 6) is -1.13. The standard InChI is InChI=1S/C22H22BrFN4O3/c1-3-31-22(30)17-13-28(15-6-4-14(23)5-7-15)20-16(19(17)29)12-18(24)21(25-20)27-10-8-26(2)9-11-27/h4-7,12-13H,3,8-11H2,1-2H3. The average Bonchev–Trinajstić information content (AvgIpc) is 2.76. The van der Waals surface area contributed by atoms with E-state index in [1.165, 1.54) is 12.3 Å². The maximum Gasteiger partial charge on any atom is 0.343 e. The number of halogens is 2. The van der Waals surface area contributed by atoms with Crippen LogP contribution < -0.4 is 10.3 Å². The van der Waals surface area contributed by atoms with Crippen molar-refractivity contribution in [3.05, 3.63) is 62.6 Å². The van der Waals surface area contributed by atoms with E-state index < -0.39 is 17.2 Å². The largest absolute Gasteiger partial charge is 0.462 e. The van der Waals surface area contributed by atoms with Crippen LogP contribution in [-0.4, -0.2) is 60.3 Å². The van der Waals surface area contributed by atoms with Gasteiger partial charge in [0.1, 0.15) is 5.56 Å². The molecule has 0 aliphatic carbocycles. The molecule has 0 amide bonds. The van der Waals surface area contributed by atoms with Gasteiger partial charge < -0.3 is 19.1 Å². The van der Waals surface area contributed by atoms with Gasteiger partial charge in [0.2, 0.25) is 5.43 Å². The highest BCUT2D eigenvalue weighted by atomic mass is 79.9. The van der Waals surface area contributed by atoms with Crippen molar-refractivity contribution in [1.82, 2.24) is 14.5 Å². The first-order chi connectivity index (χ1) is 14.9. The summed E-state index contributed by atoms with van der Waals surface area (Å²) in [5.41, 5.74) is 0.210. The van der Waals surface area contributed by atoms with Crippen LogP contribution in [0.1, 0.15) is 17.3 Å². The molecule has 0 spiro atoms. The number of anilines is 1. The van der Waals surface area contributed by atoms with Crippen LogP contribution in [0.2, 0.25) is 0 Å². The Morgan fingerprint density at radius 2 is 1.87 bits per heavy atom. The Hall–Kier alpha value is -2.78. The van der Waals surface area contributed by atoms with E-state index in [0.717, 1.165) is 17.6 Å². The number of nitrogens with zero attached hydrogens (tertiary/aromatic N) is 4. The lowest BCUT2D eigenvalue weighted by Gasteiger charge is -2.33. The summed E-state index contributed by atoms with van der Waals surface area (Å²) in [4.78, 5) is 34.0. The van der Waals surface area contributed by atoms with Gasteiger partial charge >= 0.3 is 5.97 Å². The number of carbonyl (C=O) groups is 1. The zero-order valence-corrected chi connectivity index (χ0v) is 18.9. The first kappa shape index (κ1) is 21.5. The van der Waals surface area contributed by atoms with Crippen molar-refractivity contribution in [2.45, 2.75) is 6.92 Å². The molecule has 0 N–H and O–H groups in total. The van der Waals surface area contributed by atoms with E-state index in [4.69, 9.17) is 4.74 Å². The first-order valence-electron chi connectivity index (χ1n) is 10.0. The molecule has 0 bridgehead atoms. The number of esters is 1. The van der Waals surface area contributed by atoms with E-state index in [1.54, 1.807) is 11.5 Å². The van der Waals surface area contributed by atoms with Gasteiger partial charge in [-0.2, -0.15) is 0 Å². The molecule has 162 valence electrons. The van der Waals surface area contributed by atoms with Crippen LogP contribution in [0, 0.1) is 5.82 Å². The third-order valence-corrected chi connectivity index (χ3v) is 5.84. The number of likely N-dealkylation sites (N-methyl/N-ethyl adjacent to an activating group) is 1. The molecule has 3 aromatic rings. The second kappa shape index (κ2) is 8.76. The van der Waals surface area contributed by atoms with Crippen LogP contribution in [0.25, 0.3) is 16.7 Å². The minimum absolute atomic E-state index is 0.0313. The molecule has 31 heavy (non-hydrogen) atoms. The van der Waals surface area contributed by atoms with E-state index in [0.29, 0.717) is 18.8 Å². The number of piperazine rings is 1. The topological polar surface area (TPSA) is 67.7 Å². The molecule has 3 heterocycles. The monoisotopic (exact) mass is 488 g/mol. The van der Waals surface area contributed by atoms with E-state index in [2.05, 4.69) is 25.8 Å². The van der Waals surface area contributed by atoms with Crippen molar-refractivity contribution < 1.29 is 13.9 Å². The van der Waals surface area contributed by atoms with Crippen LogP contribution in [0.15, 0.2) is 45.8 Å². The Morgan fingerprint density at radius 1 is 1.19 bits per heavy atom. The number of hydrogen-bond acceptors (Lipinski definition) is 6. The van der Waals surface area contributed by atoms with E-state index in [-0.39, 0.29) is 29.0 Å². The van der Waals surface area contributed by atoms with E-state index in [9.17, 15) is 9.59 Å². The Morgan fingerprint density at radius 3 is 2.52 bits per heavy atom. The van der Waals surface area contributed by atoms with Crippen molar-refractivity contribution in [2.24, 2.45) is 0 Å². The summed E-state index contributed by atoms with van der Waals surface area (Å²) < 4.78 is 22.6. The lowest BCUT2D eigenvalue weighted by Crippen LogP contribution is -2.45. The summed E-state index contributed by atoms with van der Waals surface area (Å²) >= 11 is 3.41. The number of aromatic nitrogens is 2. The highest BCUT2D eigenvalue weighted by Crippen LogP contribution is 2.25. The smallest absolute Gasteiger partial charge is 0.343 e. The van der Waals surface area contributed by atoms with E-state index in [1.807, 2.05) is 36.2 Å². The van der Waals surface area contributed by atoms with Gasteiger partial charge in [0.25, 0.3) is 0 Å². The molecule has 0 atom stereocenters. The van der Waals surface area contributed by atoms with Gasteiger partial charge in [0.05, 0.1) is 12.0 Å². The molecule has 1 aliphatic rings. The highest BCUT2D eigenvalue weighted by molar-refractivity contribution is 9.10. The van der Waals surface area contributed by atoms with Crippen LogP contribution in [0.5, 0.6) is 0 Å². The third kappa shape index (κ3) is 4.20. The Bertz CT molecular complexity index is 1190. The number of hydrogen-bond donors (Lipinski definition) is 0. The van der Waals surface area contributed by atoms with Gasteiger partial charge in [-0.05, 0) is 44.3 Å². The summed E-state index contributed by atoms with van der Waals surface area (Å²) in [6, 6.07) is 8.51. The Kier molecular flexibility index (Phi) is 6.06. The number of rotatable bonds is 4. The minimum atomic E-state index is -0.746. The van der Waals surface area contributed by atoms with Gasteiger partial charge in [-0.3, -0.25) is 4.79 Å². The van der Waals surface area contributed by atoms with Crippen LogP contribution >= 0.6 is 15.9 Å².